The number of rotatable bonds is 5. The predicted molar refractivity (Wildman–Crippen MR) is 66.7 cm³/mol. The van der Waals surface area contributed by atoms with Gasteiger partial charge in [-0.2, -0.15) is 5.10 Å². The fourth-order valence-corrected chi connectivity index (χ4v) is 1.09. The monoisotopic (exact) mass is 286 g/mol. The van der Waals surface area contributed by atoms with Gasteiger partial charge in [-0.15, -0.1) is 10.2 Å². The number of nitrogens with zero attached hydrogens (tertiary/aromatic N) is 3. The Morgan fingerprint density at radius 1 is 1.32 bits per heavy atom. The van der Waals surface area contributed by atoms with Gasteiger partial charge in [-0.3, -0.25) is 10.2 Å². The van der Waals surface area contributed by atoms with E-state index in [1.165, 1.54) is 26.4 Å². The number of halogens is 1. The van der Waals surface area contributed by atoms with E-state index in [-0.39, 0.29) is 23.1 Å². The van der Waals surface area contributed by atoms with E-state index in [2.05, 4.69) is 30.2 Å². The molecular weight excluding hydrogens is 276 g/mol. The minimum absolute atomic E-state index is 0.147. The van der Waals surface area contributed by atoms with Crippen molar-refractivity contribution >= 4 is 35.1 Å². The molecule has 8 nitrogen and oxygen atoms in total. The van der Waals surface area contributed by atoms with Crippen LogP contribution < -0.4 is 5.43 Å². The van der Waals surface area contributed by atoms with Gasteiger partial charge in [0.05, 0.1) is 20.6 Å². The molecule has 0 aliphatic rings. The van der Waals surface area contributed by atoms with Crippen LogP contribution in [0.3, 0.4) is 0 Å². The summed E-state index contributed by atoms with van der Waals surface area (Å²) in [5.74, 6) is -1.11. The first-order valence-corrected chi connectivity index (χ1v) is 5.41. The van der Waals surface area contributed by atoms with Gasteiger partial charge in [0.25, 0.3) is 0 Å². The molecule has 1 aromatic heterocycles. The third-order valence-corrected chi connectivity index (χ3v) is 2.10. The van der Waals surface area contributed by atoms with E-state index in [0.29, 0.717) is 0 Å². The summed E-state index contributed by atoms with van der Waals surface area (Å²) in [6.45, 7) is 0. The summed E-state index contributed by atoms with van der Waals surface area (Å²) in [5.41, 5.74) is 2.32. The Morgan fingerprint density at radius 3 is 2.58 bits per heavy atom. The number of anilines is 1. The van der Waals surface area contributed by atoms with E-state index in [1.807, 2.05) is 0 Å². The van der Waals surface area contributed by atoms with Crippen molar-refractivity contribution in [3.63, 3.8) is 0 Å². The van der Waals surface area contributed by atoms with Gasteiger partial charge in [-0.05, 0) is 12.1 Å². The summed E-state index contributed by atoms with van der Waals surface area (Å²) in [4.78, 5) is 22.5. The zero-order chi connectivity index (χ0) is 14.3. The fraction of sp³-hybridized carbons (Fsp3) is 0.300. The van der Waals surface area contributed by atoms with Crippen LogP contribution in [0, 0.1) is 0 Å². The van der Waals surface area contributed by atoms with Gasteiger partial charge in [0.2, 0.25) is 0 Å². The molecule has 0 aliphatic heterocycles. The lowest BCUT2D eigenvalue weighted by molar-refractivity contribution is -0.140. The maximum Gasteiger partial charge on any atom is 0.354 e. The number of esters is 2. The van der Waals surface area contributed by atoms with Crippen molar-refractivity contribution in [1.29, 1.82) is 0 Å². The van der Waals surface area contributed by atoms with Gasteiger partial charge in [-0.1, -0.05) is 11.6 Å². The summed E-state index contributed by atoms with van der Waals surface area (Å²) < 4.78 is 8.93. The van der Waals surface area contributed by atoms with Crippen molar-refractivity contribution in [1.82, 2.24) is 10.2 Å². The Kier molecular flexibility index (Phi) is 5.68. The molecule has 102 valence electrons. The van der Waals surface area contributed by atoms with Crippen molar-refractivity contribution in [2.75, 3.05) is 19.6 Å². The van der Waals surface area contributed by atoms with E-state index in [1.54, 1.807) is 0 Å². The summed E-state index contributed by atoms with van der Waals surface area (Å²) in [7, 11) is 2.38. The highest BCUT2D eigenvalue weighted by Gasteiger charge is 2.17. The number of methoxy groups -OCH3 is 2. The van der Waals surface area contributed by atoms with Crippen molar-refractivity contribution < 1.29 is 19.1 Å². The van der Waals surface area contributed by atoms with Crippen LogP contribution in [0.5, 0.6) is 0 Å². The first-order valence-electron chi connectivity index (χ1n) is 5.03. The number of hydrogen-bond acceptors (Lipinski definition) is 8. The predicted octanol–water partition coefficient (Wildman–Crippen LogP) is 0.634. The first-order chi connectivity index (χ1) is 9.06. The topological polar surface area (TPSA) is 103 Å². The average Bonchev–Trinajstić information content (AvgIpc) is 2.43. The highest BCUT2D eigenvalue weighted by Crippen LogP contribution is 2.06. The number of hydrogen-bond donors (Lipinski definition) is 1. The second kappa shape index (κ2) is 7.27. The molecule has 19 heavy (non-hydrogen) atoms. The summed E-state index contributed by atoms with van der Waals surface area (Å²) in [6.07, 6.45) is -0.322. The quantitative estimate of drug-likeness (QED) is 0.481. The number of carbonyl (C=O) groups is 2. The zero-order valence-corrected chi connectivity index (χ0v) is 11.0. The lowest BCUT2D eigenvalue weighted by Crippen LogP contribution is -2.21. The van der Waals surface area contributed by atoms with E-state index in [4.69, 9.17) is 11.6 Å². The SMILES string of the molecule is COC(=O)C/C(=N\Nc1ccc(Cl)nn1)C(=O)OC. The maximum absolute atomic E-state index is 11.4. The largest absolute Gasteiger partial charge is 0.469 e. The average molecular weight is 287 g/mol. The Hall–Kier alpha value is -2.22. The molecule has 0 amide bonds. The Labute approximate surface area is 113 Å². The van der Waals surface area contributed by atoms with E-state index in [9.17, 15) is 9.59 Å². The summed E-state index contributed by atoms with van der Waals surface area (Å²) >= 11 is 5.56. The summed E-state index contributed by atoms with van der Waals surface area (Å²) in [5, 5.41) is 11.2. The molecule has 1 rings (SSSR count). The van der Waals surface area contributed by atoms with Crippen LogP contribution in [0.25, 0.3) is 0 Å². The molecular formula is C10H11ClN4O4. The molecule has 1 heterocycles. The lowest BCUT2D eigenvalue weighted by Gasteiger charge is -2.04. The number of ether oxygens (including phenoxy) is 2. The van der Waals surface area contributed by atoms with Crippen molar-refractivity contribution in [3.8, 4) is 0 Å². The number of nitrogens with one attached hydrogen (secondary N) is 1. The zero-order valence-electron chi connectivity index (χ0n) is 10.2. The molecule has 0 bridgehead atoms. The van der Waals surface area contributed by atoms with Crippen LogP contribution in [0.1, 0.15) is 6.42 Å². The van der Waals surface area contributed by atoms with Gasteiger partial charge < -0.3 is 9.47 Å². The van der Waals surface area contributed by atoms with Gasteiger partial charge >= 0.3 is 11.9 Å². The number of carbonyl (C=O) groups excluding carboxylic acids is 2. The number of aromatic nitrogens is 2. The normalized spacial score (nSPS) is 10.8. The molecule has 0 saturated carbocycles. The molecule has 0 fully saturated rings. The molecule has 0 radical (unpaired) electrons. The second-order valence-corrected chi connectivity index (χ2v) is 3.54. The highest BCUT2D eigenvalue weighted by atomic mass is 35.5. The molecule has 0 atom stereocenters. The third-order valence-electron chi connectivity index (χ3n) is 1.90. The lowest BCUT2D eigenvalue weighted by atomic mass is 10.3. The molecule has 1 N–H and O–H groups in total. The first kappa shape index (κ1) is 14.8. The van der Waals surface area contributed by atoms with Crippen molar-refractivity contribution in [2.24, 2.45) is 5.10 Å². The van der Waals surface area contributed by atoms with Crippen molar-refractivity contribution in [3.05, 3.63) is 17.3 Å². The van der Waals surface area contributed by atoms with Crippen LogP contribution in [0.15, 0.2) is 17.2 Å². The molecule has 9 heteroatoms. The van der Waals surface area contributed by atoms with Crippen LogP contribution >= 0.6 is 11.6 Å². The standard InChI is InChI=1S/C10H11ClN4O4/c1-18-9(16)5-6(10(17)19-2)12-14-8-4-3-7(11)13-15-8/h3-4H,5H2,1-2H3,(H,14,15)/b12-6+. The van der Waals surface area contributed by atoms with E-state index < -0.39 is 11.9 Å². The Morgan fingerprint density at radius 2 is 2.05 bits per heavy atom. The van der Waals surface area contributed by atoms with Crippen LogP contribution in [-0.2, 0) is 19.1 Å². The maximum atomic E-state index is 11.4. The molecule has 0 spiro atoms. The molecule has 0 unspecified atom stereocenters. The van der Waals surface area contributed by atoms with Crippen LogP contribution in [-0.4, -0.2) is 42.1 Å². The van der Waals surface area contributed by atoms with E-state index in [0.717, 1.165) is 0 Å². The molecule has 0 aromatic carbocycles. The molecule has 0 aliphatic carbocycles. The third kappa shape index (κ3) is 4.88. The van der Waals surface area contributed by atoms with Gasteiger partial charge in [0.1, 0.15) is 0 Å². The van der Waals surface area contributed by atoms with Crippen LogP contribution in [0.2, 0.25) is 5.15 Å². The van der Waals surface area contributed by atoms with Gasteiger partial charge in [0, 0.05) is 0 Å². The Bertz CT molecular complexity index is 489. The number of hydrazone groups is 1. The molecule has 0 saturated heterocycles. The Balaban J connectivity index is 2.79. The summed E-state index contributed by atoms with van der Waals surface area (Å²) in [6, 6.07) is 3.00. The smallest absolute Gasteiger partial charge is 0.354 e. The minimum atomic E-state index is -0.750. The van der Waals surface area contributed by atoms with E-state index >= 15 is 0 Å². The highest BCUT2D eigenvalue weighted by molar-refractivity contribution is 6.39. The van der Waals surface area contributed by atoms with Crippen LogP contribution in [0.4, 0.5) is 5.82 Å². The second-order valence-electron chi connectivity index (χ2n) is 3.16. The van der Waals surface area contributed by atoms with Crippen molar-refractivity contribution in [2.45, 2.75) is 6.42 Å². The molecule has 1 aromatic rings. The van der Waals surface area contributed by atoms with Gasteiger partial charge in [0.15, 0.2) is 16.7 Å². The fourth-order valence-electron chi connectivity index (χ4n) is 0.984. The minimum Gasteiger partial charge on any atom is -0.469 e. The van der Waals surface area contributed by atoms with Gasteiger partial charge in [-0.25, -0.2) is 4.79 Å².